The van der Waals surface area contributed by atoms with E-state index in [0.717, 1.165) is 5.56 Å². The van der Waals surface area contributed by atoms with Crippen molar-refractivity contribution in [2.75, 3.05) is 20.3 Å². The van der Waals surface area contributed by atoms with Gasteiger partial charge in [-0.05, 0) is 30.2 Å². The lowest BCUT2D eigenvalue weighted by atomic mass is 10.2. The summed E-state index contributed by atoms with van der Waals surface area (Å²) < 4.78 is 4.97. The molecule has 2 aromatic carbocycles. The lowest BCUT2D eigenvalue weighted by Gasteiger charge is -2.10. The monoisotopic (exact) mass is 364 g/mol. The lowest BCUT2D eigenvalue weighted by molar-refractivity contribution is -0.117. The van der Waals surface area contributed by atoms with Crippen LogP contribution < -0.4 is 10.6 Å². The second kappa shape index (κ2) is 11.4. The van der Waals surface area contributed by atoms with Crippen LogP contribution in [0.3, 0.4) is 0 Å². The molecular weight excluding hydrogens is 340 g/mol. The zero-order chi connectivity index (χ0) is 19.3. The molecule has 0 heterocycles. The number of benzene rings is 2. The molecule has 0 aliphatic rings. The summed E-state index contributed by atoms with van der Waals surface area (Å²) in [4.78, 5) is 24.8. The average Bonchev–Trinajstić information content (AvgIpc) is 2.71. The molecule has 140 valence electrons. The van der Waals surface area contributed by atoms with Gasteiger partial charge in [0.05, 0.1) is 0 Å². The van der Waals surface area contributed by atoms with Gasteiger partial charge in [-0.3, -0.25) is 9.59 Å². The summed E-state index contributed by atoms with van der Waals surface area (Å²) in [7, 11) is 1.61. The third-order valence-electron chi connectivity index (χ3n) is 3.69. The highest BCUT2D eigenvalue weighted by Crippen LogP contribution is 2.04. The van der Waals surface area contributed by atoms with Crippen molar-refractivity contribution >= 4 is 17.9 Å². The molecule has 5 heteroatoms. The summed E-state index contributed by atoms with van der Waals surface area (Å²) >= 11 is 0. The van der Waals surface area contributed by atoms with Gasteiger partial charge >= 0.3 is 0 Å². The fourth-order valence-electron chi connectivity index (χ4n) is 2.29. The van der Waals surface area contributed by atoms with E-state index in [2.05, 4.69) is 10.6 Å². The quantitative estimate of drug-likeness (QED) is 0.408. The molecule has 0 unspecified atom stereocenters. The van der Waals surface area contributed by atoms with E-state index in [1.54, 1.807) is 43.5 Å². The fourth-order valence-corrected chi connectivity index (χ4v) is 2.29. The molecular formula is C22H24N2O3. The summed E-state index contributed by atoms with van der Waals surface area (Å²) in [5.74, 6) is -0.671. The average molecular weight is 364 g/mol. The Bertz CT molecular complexity index is 784. The van der Waals surface area contributed by atoms with Crippen LogP contribution in [-0.4, -0.2) is 32.1 Å². The number of hydrogen-bond donors (Lipinski definition) is 2. The van der Waals surface area contributed by atoms with E-state index >= 15 is 0 Å². The number of amides is 2. The molecule has 0 spiro atoms. The number of nitrogens with one attached hydrogen (secondary N) is 2. The Labute approximate surface area is 159 Å². The highest BCUT2D eigenvalue weighted by atomic mass is 16.5. The summed E-state index contributed by atoms with van der Waals surface area (Å²) in [5.41, 5.74) is 1.68. The van der Waals surface area contributed by atoms with Crippen molar-refractivity contribution in [2.24, 2.45) is 0 Å². The number of rotatable bonds is 9. The number of carbonyl (C=O) groups excluding carboxylic acids is 2. The molecule has 0 bridgehead atoms. The molecule has 2 amide bonds. The van der Waals surface area contributed by atoms with E-state index in [0.29, 0.717) is 25.1 Å². The third-order valence-corrected chi connectivity index (χ3v) is 3.69. The van der Waals surface area contributed by atoms with Crippen LogP contribution >= 0.6 is 0 Å². The van der Waals surface area contributed by atoms with E-state index in [4.69, 9.17) is 4.74 Å². The molecule has 2 rings (SSSR count). The maximum absolute atomic E-state index is 12.4. The van der Waals surface area contributed by atoms with Crippen LogP contribution in [0.15, 0.2) is 78.5 Å². The Morgan fingerprint density at radius 2 is 1.67 bits per heavy atom. The van der Waals surface area contributed by atoms with E-state index in [1.165, 1.54) is 0 Å². The SMILES string of the molecule is COCCCNC(=O)/C(=C/C=C\c1ccccc1)NC(=O)c1ccccc1. The van der Waals surface area contributed by atoms with Gasteiger partial charge in [0.2, 0.25) is 0 Å². The van der Waals surface area contributed by atoms with Gasteiger partial charge in [0.25, 0.3) is 11.8 Å². The Morgan fingerprint density at radius 1 is 1.00 bits per heavy atom. The summed E-state index contributed by atoms with van der Waals surface area (Å²) in [6.07, 6.45) is 5.90. The highest BCUT2D eigenvalue weighted by molar-refractivity contribution is 6.03. The number of carbonyl (C=O) groups is 2. The first-order valence-electron chi connectivity index (χ1n) is 8.77. The van der Waals surface area contributed by atoms with Gasteiger partial charge in [0, 0.05) is 25.8 Å². The molecule has 0 aliphatic heterocycles. The summed E-state index contributed by atoms with van der Waals surface area (Å²) in [6, 6.07) is 18.5. The maximum Gasteiger partial charge on any atom is 0.267 e. The standard InChI is InChI=1S/C22H24N2O3/c1-27-17-9-16-23-22(26)20(15-8-12-18-10-4-2-5-11-18)24-21(25)19-13-6-3-7-14-19/h2-8,10-15H,9,16-17H2,1H3,(H,23,26)(H,24,25)/b12-8-,20-15-. The lowest BCUT2D eigenvalue weighted by Crippen LogP contribution is -2.35. The molecule has 0 fully saturated rings. The van der Waals surface area contributed by atoms with Crippen LogP contribution in [0.25, 0.3) is 6.08 Å². The van der Waals surface area contributed by atoms with Crippen molar-refractivity contribution in [2.45, 2.75) is 6.42 Å². The number of methoxy groups -OCH3 is 1. The van der Waals surface area contributed by atoms with Crippen molar-refractivity contribution in [1.29, 1.82) is 0 Å². The van der Waals surface area contributed by atoms with Gasteiger partial charge in [0.1, 0.15) is 5.70 Å². The van der Waals surface area contributed by atoms with Gasteiger partial charge in [-0.15, -0.1) is 0 Å². The first kappa shape index (κ1) is 20.1. The van der Waals surface area contributed by atoms with Crippen LogP contribution in [0.2, 0.25) is 0 Å². The molecule has 0 saturated heterocycles. The predicted octanol–water partition coefficient (Wildman–Crippen LogP) is 3.17. The van der Waals surface area contributed by atoms with E-state index in [9.17, 15) is 9.59 Å². The molecule has 0 saturated carbocycles. The molecule has 27 heavy (non-hydrogen) atoms. The Morgan fingerprint density at radius 3 is 2.33 bits per heavy atom. The van der Waals surface area contributed by atoms with Crippen molar-refractivity contribution in [3.8, 4) is 0 Å². The van der Waals surface area contributed by atoms with Gasteiger partial charge in [-0.2, -0.15) is 0 Å². The minimum Gasteiger partial charge on any atom is -0.385 e. The minimum absolute atomic E-state index is 0.188. The van der Waals surface area contributed by atoms with Gasteiger partial charge < -0.3 is 15.4 Å². The minimum atomic E-state index is -0.340. The van der Waals surface area contributed by atoms with Gasteiger partial charge in [-0.25, -0.2) is 0 Å². The third kappa shape index (κ3) is 7.30. The molecule has 2 aromatic rings. The zero-order valence-corrected chi connectivity index (χ0v) is 15.4. The first-order chi connectivity index (χ1) is 13.2. The maximum atomic E-state index is 12.4. The normalized spacial score (nSPS) is 11.4. The largest absolute Gasteiger partial charge is 0.385 e. The summed E-state index contributed by atoms with van der Waals surface area (Å²) in [6.45, 7) is 1.03. The van der Waals surface area contributed by atoms with Crippen LogP contribution in [-0.2, 0) is 9.53 Å². The first-order valence-corrected chi connectivity index (χ1v) is 8.77. The van der Waals surface area contributed by atoms with Gasteiger partial charge in [-0.1, -0.05) is 60.7 Å². The van der Waals surface area contributed by atoms with E-state index in [-0.39, 0.29) is 17.5 Å². The van der Waals surface area contributed by atoms with Crippen molar-refractivity contribution in [3.05, 3.63) is 89.6 Å². The molecule has 0 aliphatic carbocycles. The molecule has 0 atom stereocenters. The topological polar surface area (TPSA) is 67.4 Å². The van der Waals surface area contributed by atoms with Gasteiger partial charge in [0.15, 0.2) is 0 Å². The van der Waals surface area contributed by atoms with Crippen LogP contribution in [0.5, 0.6) is 0 Å². The number of hydrogen-bond acceptors (Lipinski definition) is 3. The Hall–Kier alpha value is -3.18. The number of ether oxygens (including phenoxy) is 1. The van der Waals surface area contributed by atoms with E-state index < -0.39 is 0 Å². The Balaban J connectivity index is 2.09. The van der Waals surface area contributed by atoms with E-state index in [1.807, 2.05) is 42.5 Å². The predicted molar refractivity (Wildman–Crippen MR) is 107 cm³/mol. The van der Waals surface area contributed by atoms with Crippen molar-refractivity contribution < 1.29 is 14.3 Å². The second-order valence-electron chi connectivity index (χ2n) is 5.77. The highest BCUT2D eigenvalue weighted by Gasteiger charge is 2.13. The molecule has 0 radical (unpaired) electrons. The number of allylic oxidation sites excluding steroid dienone is 2. The molecule has 0 aromatic heterocycles. The smallest absolute Gasteiger partial charge is 0.267 e. The molecule has 5 nitrogen and oxygen atoms in total. The van der Waals surface area contributed by atoms with Crippen LogP contribution in [0.1, 0.15) is 22.3 Å². The van der Waals surface area contributed by atoms with Crippen LogP contribution in [0.4, 0.5) is 0 Å². The zero-order valence-electron chi connectivity index (χ0n) is 15.4. The Kier molecular flexibility index (Phi) is 8.53. The fraction of sp³-hybridized carbons (Fsp3) is 0.182. The summed E-state index contributed by atoms with van der Waals surface area (Å²) in [5, 5.41) is 5.48. The van der Waals surface area contributed by atoms with Crippen molar-refractivity contribution in [3.63, 3.8) is 0 Å². The van der Waals surface area contributed by atoms with Crippen molar-refractivity contribution in [1.82, 2.24) is 10.6 Å². The van der Waals surface area contributed by atoms with Crippen LogP contribution in [0, 0.1) is 0 Å². The molecule has 2 N–H and O–H groups in total. The second-order valence-corrected chi connectivity index (χ2v) is 5.77.